The van der Waals surface area contributed by atoms with Gasteiger partial charge in [0.2, 0.25) is 5.91 Å². The molecule has 1 rings (SSSR count). The van der Waals surface area contributed by atoms with Gasteiger partial charge < -0.3 is 15.0 Å². The van der Waals surface area contributed by atoms with E-state index in [2.05, 4.69) is 19.2 Å². The molecule has 0 radical (unpaired) electrons. The van der Waals surface area contributed by atoms with Gasteiger partial charge in [-0.1, -0.05) is 0 Å². The number of methoxy groups -OCH3 is 1. The molecule has 0 aromatic rings. The van der Waals surface area contributed by atoms with Gasteiger partial charge >= 0.3 is 0 Å². The molecule has 16 heavy (non-hydrogen) atoms. The Bertz CT molecular complexity index is 215. The Morgan fingerprint density at radius 3 is 2.69 bits per heavy atom. The van der Waals surface area contributed by atoms with Crippen LogP contribution in [0.1, 0.15) is 26.7 Å². The van der Waals surface area contributed by atoms with Crippen molar-refractivity contribution in [3.05, 3.63) is 0 Å². The Kier molecular flexibility index (Phi) is 5.77. The minimum absolute atomic E-state index is 0.206. The van der Waals surface area contributed by atoms with Crippen molar-refractivity contribution >= 4 is 5.91 Å². The van der Waals surface area contributed by atoms with Gasteiger partial charge in [0.1, 0.15) is 0 Å². The molecule has 4 heteroatoms. The number of rotatable bonds is 8. The van der Waals surface area contributed by atoms with Crippen molar-refractivity contribution < 1.29 is 9.53 Å². The summed E-state index contributed by atoms with van der Waals surface area (Å²) < 4.78 is 4.92. The number of carbonyl (C=O) groups excluding carboxylic acids is 1. The lowest BCUT2D eigenvalue weighted by molar-refractivity contribution is -0.132. The smallest absolute Gasteiger partial charge is 0.236 e. The van der Waals surface area contributed by atoms with E-state index in [0.717, 1.165) is 19.0 Å². The van der Waals surface area contributed by atoms with Crippen LogP contribution in [-0.4, -0.2) is 50.2 Å². The van der Waals surface area contributed by atoms with Crippen LogP contribution in [0.2, 0.25) is 0 Å². The van der Waals surface area contributed by atoms with Crippen LogP contribution in [0.4, 0.5) is 0 Å². The zero-order valence-electron chi connectivity index (χ0n) is 10.7. The second-order valence-electron chi connectivity index (χ2n) is 4.75. The summed E-state index contributed by atoms with van der Waals surface area (Å²) >= 11 is 0. The molecule has 0 heterocycles. The summed E-state index contributed by atoms with van der Waals surface area (Å²) in [7, 11) is 1.66. The van der Waals surface area contributed by atoms with Gasteiger partial charge in [0.25, 0.3) is 0 Å². The molecule has 0 aromatic heterocycles. The lowest BCUT2D eigenvalue weighted by Gasteiger charge is -2.27. The van der Waals surface area contributed by atoms with Crippen molar-refractivity contribution in [1.82, 2.24) is 10.2 Å². The minimum atomic E-state index is 0.206. The second kappa shape index (κ2) is 6.86. The molecule has 0 spiro atoms. The van der Waals surface area contributed by atoms with Gasteiger partial charge in [0, 0.05) is 26.2 Å². The molecule has 0 saturated heterocycles. The van der Waals surface area contributed by atoms with E-state index in [1.807, 2.05) is 4.90 Å². The van der Waals surface area contributed by atoms with Crippen molar-refractivity contribution in [2.75, 3.05) is 33.4 Å². The summed E-state index contributed by atoms with van der Waals surface area (Å²) in [6.07, 6.45) is 2.57. The Hall–Kier alpha value is -0.610. The van der Waals surface area contributed by atoms with Gasteiger partial charge in [-0.3, -0.25) is 4.79 Å². The highest BCUT2D eigenvalue weighted by atomic mass is 16.5. The SMILES string of the molecule is COCCNCC(=O)N(CC1CC1)C(C)C. The molecule has 0 aromatic carbocycles. The van der Waals surface area contributed by atoms with Gasteiger partial charge in [-0.25, -0.2) is 0 Å². The number of nitrogens with one attached hydrogen (secondary N) is 1. The first-order valence-corrected chi connectivity index (χ1v) is 6.14. The molecule has 1 saturated carbocycles. The van der Waals surface area contributed by atoms with Crippen molar-refractivity contribution in [3.63, 3.8) is 0 Å². The van der Waals surface area contributed by atoms with E-state index in [0.29, 0.717) is 19.2 Å². The van der Waals surface area contributed by atoms with Crippen LogP contribution >= 0.6 is 0 Å². The van der Waals surface area contributed by atoms with Crippen molar-refractivity contribution in [2.45, 2.75) is 32.7 Å². The normalized spacial score (nSPS) is 15.5. The number of hydrogen-bond acceptors (Lipinski definition) is 3. The predicted molar refractivity (Wildman–Crippen MR) is 64.3 cm³/mol. The maximum absolute atomic E-state index is 11.9. The first-order chi connectivity index (χ1) is 7.65. The van der Waals surface area contributed by atoms with E-state index in [9.17, 15) is 4.79 Å². The molecule has 0 atom stereocenters. The Morgan fingerprint density at radius 2 is 2.19 bits per heavy atom. The van der Waals surface area contributed by atoms with Gasteiger partial charge in [-0.15, -0.1) is 0 Å². The summed E-state index contributed by atoms with van der Waals surface area (Å²) in [5.74, 6) is 0.961. The lowest BCUT2D eigenvalue weighted by Crippen LogP contribution is -2.43. The largest absolute Gasteiger partial charge is 0.383 e. The van der Waals surface area contributed by atoms with E-state index < -0.39 is 0 Å². The fraction of sp³-hybridized carbons (Fsp3) is 0.917. The Labute approximate surface area is 98.3 Å². The summed E-state index contributed by atoms with van der Waals surface area (Å²) in [6, 6.07) is 0.303. The van der Waals surface area contributed by atoms with E-state index in [1.54, 1.807) is 7.11 Å². The molecular weight excluding hydrogens is 204 g/mol. The topological polar surface area (TPSA) is 41.6 Å². The maximum Gasteiger partial charge on any atom is 0.236 e. The first-order valence-electron chi connectivity index (χ1n) is 6.14. The van der Waals surface area contributed by atoms with Gasteiger partial charge in [0.15, 0.2) is 0 Å². The molecule has 0 unspecified atom stereocenters. The predicted octanol–water partition coefficient (Wildman–Crippen LogP) is 0.869. The highest BCUT2D eigenvalue weighted by Crippen LogP contribution is 2.30. The van der Waals surface area contributed by atoms with E-state index in [1.165, 1.54) is 12.8 Å². The highest BCUT2D eigenvalue weighted by Gasteiger charge is 2.27. The first kappa shape index (κ1) is 13.5. The van der Waals surface area contributed by atoms with Crippen LogP contribution in [-0.2, 0) is 9.53 Å². The summed E-state index contributed by atoms with van der Waals surface area (Å²) in [5, 5.41) is 3.10. The average Bonchev–Trinajstić information content (AvgIpc) is 3.04. The second-order valence-corrected chi connectivity index (χ2v) is 4.75. The molecule has 1 amide bonds. The lowest BCUT2D eigenvalue weighted by atomic mass is 10.2. The molecular formula is C12H24N2O2. The third-order valence-electron chi connectivity index (χ3n) is 2.85. The molecule has 94 valence electrons. The van der Waals surface area contributed by atoms with Crippen LogP contribution < -0.4 is 5.32 Å². The molecule has 1 N–H and O–H groups in total. The van der Waals surface area contributed by atoms with Crippen molar-refractivity contribution in [1.29, 1.82) is 0 Å². The molecule has 0 aliphatic heterocycles. The average molecular weight is 228 g/mol. The zero-order valence-corrected chi connectivity index (χ0v) is 10.7. The number of hydrogen-bond donors (Lipinski definition) is 1. The number of ether oxygens (including phenoxy) is 1. The minimum Gasteiger partial charge on any atom is -0.383 e. The van der Waals surface area contributed by atoms with E-state index >= 15 is 0 Å². The van der Waals surface area contributed by atoms with E-state index in [4.69, 9.17) is 4.74 Å². The molecule has 1 fully saturated rings. The van der Waals surface area contributed by atoms with Crippen LogP contribution in [0, 0.1) is 5.92 Å². The van der Waals surface area contributed by atoms with Crippen molar-refractivity contribution in [3.8, 4) is 0 Å². The third kappa shape index (κ3) is 4.94. The van der Waals surface area contributed by atoms with Gasteiger partial charge in [0.05, 0.1) is 13.2 Å². The quantitative estimate of drug-likeness (QED) is 0.627. The van der Waals surface area contributed by atoms with E-state index in [-0.39, 0.29) is 5.91 Å². The Balaban J connectivity index is 2.23. The summed E-state index contributed by atoms with van der Waals surface area (Å²) in [6.45, 7) is 6.90. The number of amides is 1. The number of carbonyl (C=O) groups is 1. The highest BCUT2D eigenvalue weighted by molar-refractivity contribution is 5.78. The molecule has 1 aliphatic carbocycles. The number of nitrogens with zero attached hydrogens (tertiary/aromatic N) is 1. The fourth-order valence-electron chi connectivity index (χ4n) is 1.65. The van der Waals surface area contributed by atoms with Crippen LogP contribution in [0.5, 0.6) is 0 Å². The molecule has 0 bridgehead atoms. The monoisotopic (exact) mass is 228 g/mol. The van der Waals surface area contributed by atoms with Crippen LogP contribution in [0.25, 0.3) is 0 Å². The van der Waals surface area contributed by atoms with Crippen LogP contribution in [0.3, 0.4) is 0 Å². The van der Waals surface area contributed by atoms with Gasteiger partial charge in [-0.2, -0.15) is 0 Å². The third-order valence-corrected chi connectivity index (χ3v) is 2.85. The summed E-state index contributed by atoms with van der Waals surface area (Å²) in [4.78, 5) is 13.9. The molecule has 4 nitrogen and oxygen atoms in total. The fourth-order valence-corrected chi connectivity index (χ4v) is 1.65. The summed E-state index contributed by atoms with van der Waals surface area (Å²) in [5.41, 5.74) is 0. The van der Waals surface area contributed by atoms with Gasteiger partial charge in [-0.05, 0) is 32.6 Å². The standard InChI is InChI=1S/C12H24N2O2/c1-10(2)14(9-11-4-5-11)12(15)8-13-6-7-16-3/h10-11,13H,4-9H2,1-3H3. The van der Waals surface area contributed by atoms with Crippen molar-refractivity contribution in [2.24, 2.45) is 5.92 Å². The molecule has 1 aliphatic rings. The van der Waals surface area contributed by atoms with Crippen LogP contribution in [0.15, 0.2) is 0 Å². The maximum atomic E-state index is 11.9. The Morgan fingerprint density at radius 1 is 1.50 bits per heavy atom. The zero-order chi connectivity index (χ0) is 12.0.